The van der Waals surface area contributed by atoms with Crippen LogP contribution in [0, 0.1) is 5.95 Å². The molecule has 0 aromatic carbocycles. The number of amides is 1. The molecule has 1 N–H and O–H groups in total. The number of nitrogens with zero attached hydrogens (tertiary/aromatic N) is 2. The Morgan fingerprint density at radius 3 is 2.58 bits per heavy atom. The van der Waals surface area contributed by atoms with Crippen LogP contribution >= 0.6 is 0 Å². The zero-order valence-electron chi connectivity index (χ0n) is 11.2. The first-order chi connectivity index (χ1) is 8.70. The van der Waals surface area contributed by atoms with E-state index in [-0.39, 0.29) is 13.1 Å². The molecule has 19 heavy (non-hydrogen) atoms. The van der Waals surface area contributed by atoms with E-state index >= 15 is 0 Å². The van der Waals surface area contributed by atoms with Crippen molar-refractivity contribution in [1.29, 1.82) is 0 Å². The number of halogens is 1. The van der Waals surface area contributed by atoms with Gasteiger partial charge in [-0.3, -0.25) is 0 Å². The molecule has 0 bridgehead atoms. The number of carbonyl (C=O) groups excluding carboxylic acids is 1. The van der Waals surface area contributed by atoms with Crippen molar-refractivity contribution in [2.75, 3.05) is 13.1 Å². The van der Waals surface area contributed by atoms with Crippen molar-refractivity contribution in [3.63, 3.8) is 0 Å². The summed E-state index contributed by atoms with van der Waals surface area (Å²) in [5.41, 5.74) is -1.24. The molecule has 6 heteroatoms. The fourth-order valence-electron chi connectivity index (χ4n) is 1.87. The quantitative estimate of drug-likeness (QED) is 0.787. The Morgan fingerprint density at radius 1 is 1.47 bits per heavy atom. The number of hydrogen-bond donors (Lipinski definition) is 1. The maximum Gasteiger partial charge on any atom is 0.410 e. The molecular weight excluding hydrogens is 251 g/mol. The van der Waals surface area contributed by atoms with Crippen LogP contribution in [0.25, 0.3) is 0 Å². The van der Waals surface area contributed by atoms with Crippen molar-refractivity contribution in [2.45, 2.75) is 32.0 Å². The monoisotopic (exact) mass is 268 g/mol. The molecule has 2 heterocycles. The van der Waals surface area contributed by atoms with Crippen molar-refractivity contribution < 1.29 is 19.0 Å². The highest BCUT2D eigenvalue weighted by atomic mass is 19.1. The second kappa shape index (κ2) is 4.45. The molecule has 0 aliphatic carbocycles. The predicted octanol–water partition coefficient (Wildman–Crippen LogP) is 1.66. The van der Waals surface area contributed by atoms with Crippen LogP contribution in [0.15, 0.2) is 18.3 Å². The number of carbonyl (C=O) groups is 1. The van der Waals surface area contributed by atoms with Crippen molar-refractivity contribution >= 4 is 6.09 Å². The molecule has 0 atom stereocenters. The third kappa shape index (κ3) is 3.01. The van der Waals surface area contributed by atoms with Crippen LogP contribution in [0.4, 0.5) is 9.18 Å². The average Bonchev–Trinajstić information content (AvgIpc) is 2.23. The molecule has 104 valence electrons. The lowest BCUT2D eigenvalue weighted by Crippen LogP contribution is -2.61. The number of β-amino-alcohol motifs (C(OH)–C–C–N with tert-alkyl or cyclic N) is 1. The van der Waals surface area contributed by atoms with Crippen LogP contribution in [0.2, 0.25) is 0 Å². The Hall–Kier alpha value is -1.69. The first kappa shape index (κ1) is 13.7. The van der Waals surface area contributed by atoms with Gasteiger partial charge in [-0.1, -0.05) is 0 Å². The summed E-state index contributed by atoms with van der Waals surface area (Å²) in [5, 5.41) is 10.3. The van der Waals surface area contributed by atoms with Crippen LogP contribution in [0.3, 0.4) is 0 Å². The smallest absolute Gasteiger partial charge is 0.410 e. The van der Waals surface area contributed by atoms with E-state index in [0.717, 1.165) is 0 Å². The van der Waals surface area contributed by atoms with Crippen LogP contribution in [0.5, 0.6) is 0 Å². The van der Waals surface area contributed by atoms with Gasteiger partial charge in [0.25, 0.3) is 0 Å². The highest BCUT2D eigenvalue weighted by Gasteiger charge is 2.46. The molecular formula is C13H17FN2O3. The number of pyridine rings is 1. The minimum absolute atomic E-state index is 0.120. The number of rotatable bonds is 1. The zero-order valence-corrected chi connectivity index (χ0v) is 11.2. The van der Waals surface area contributed by atoms with Crippen LogP contribution in [-0.2, 0) is 10.3 Å². The van der Waals surface area contributed by atoms with E-state index in [1.165, 1.54) is 23.2 Å². The van der Waals surface area contributed by atoms with Gasteiger partial charge in [0.05, 0.1) is 13.1 Å². The summed E-state index contributed by atoms with van der Waals surface area (Å²) in [4.78, 5) is 16.6. The molecule has 0 unspecified atom stereocenters. The summed E-state index contributed by atoms with van der Waals surface area (Å²) >= 11 is 0. The molecule has 0 saturated carbocycles. The van der Waals surface area contributed by atoms with Gasteiger partial charge in [-0.15, -0.1) is 0 Å². The first-order valence-corrected chi connectivity index (χ1v) is 6.02. The van der Waals surface area contributed by atoms with E-state index in [1.54, 1.807) is 20.8 Å². The molecule has 0 radical (unpaired) electrons. The van der Waals surface area contributed by atoms with Gasteiger partial charge >= 0.3 is 6.09 Å². The molecule has 1 saturated heterocycles. The second-order valence-corrected chi connectivity index (χ2v) is 5.74. The summed E-state index contributed by atoms with van der Waals surface area (Å²) in [6, 6.07) is 2.65. The Labute approximate surface area is 111 Å². The van der Waals surface area contributed by atoms with Crippen molar-refractivity contribution in [3.05, 3.63) is 29.8 Å². The van der Waals surface area contributed by atoms with E-state index in [2.05, 4.69) is 4.98 Å². The average molecular weight is 268 g/mol. The first-order valence-electron chi connectivity index (χ1n) is 6.02. The van der Waals surface area contributed by atoms with E-state index in [9.17, 15) is 14.3 Å². The number of aromatic nitrogens is 1. The van der Waals surface area contributed by atoms with Gasteiger partial charge in [-0.05, 0) is 32.9 Å². The van der Waals surface area contributed by atoms with E-state index in [0.29, 0.717) is 5.56 Å². The Bertz CT molecular complexity index is 476. The van der Waals surface area contributed by atoms with E-state index in [4.69, 9.17) is 4.74 Å². The van der Waals surface area contributed by atoms with Crippen molar-refractivity contribution in [3.8, 4) is 0 Å². The Balaban J connectivity index is 1.98. The second-order valence-electron chi connectivity index (χ2n) is 5.74. The van der Waals surface area contributed by atoms with Gasteiger partial charge in [0.15, 0.2) is 0 Å². The molecule has 5 nitrogen and oxygen atoms in total. The zero-order chi connectivity index (χ0) is 14.3. The fourth-order valence-corrected chi connectivity index (χ4v) is 1.87. The lowest BCUT2D eigenvalue weighted by Gasteiger charge is -2.46. The fraction of sp³-hybridized carbons (Fsp3) is 0.538. The van der Waals surface area contributed by atoms with Crippen LogP contribution in [-0.4, -0.2) is 39.8 Å². The number of likely N-dealkylation sites (tertiary alicyclic amines) is 1. The number of aliphatic hydroxyl groups is 1. The van der Waals surface area contributed by atoms with Gasteiger partial charge in [0.2, 0.25) is 5.95 Å². The van der Waals surface area contributed by atoms with Crippen LogP contribution < -0.4 is 0 Å². The normalized spacial score (nSPS) is 17.8. The third-order valence-electron chi connectivity index (χ3n) is 2.82. The van der Waals surface area contributed by atoms with Gasteiger partial charge in [-0.25, -0.2) is 9.78 Å². The van der Waals surface area contributed by atoms with Crippen molar-refractivity contribution in [1.82, 2.24) is 9.88 Å². The number of hydrogen-bond acceptors (Lipinski definition) is 4. The molecule has 1 amide bonds. The highest BCUT2D eigenvalue weighted by molar-refractivity contribution is 5.70. The summed E-state index contributed by atoms with van der Waals surface area (Å²) in [6.45, 7) is 5.58. The molecule has 1 fully saturated rings. The van der Waals surface area contributed by atoms with Crippen LogP contribution in [0.1, 0.15) is 26.3 Å². The molecule has 1 aromatic rings. The molecule has 2 rings (SSSR count). The predicted molar refractivity (Wildman–Crippen MR) is 65.9 cm³/mol. The van der Waals surface area contributed by atoms with Crippen molar-refractivity contribution in [2.24, 2.45) is 0 Å². The molecule has 1 aliphatic rings. The molecule has 0 spiro atoms. The lowest BCUT2D eigenvalue weighted by molar-refractivity contribution is -0.103. The lowest BCUT2D eigenvalue weighted by atomic mass is 9.87. The minimum Gasteiger partial charge on any atom is -0.444 e. The minimum atomic E-state index is -1.17. The van der Waals surface area contributed by atoms with Gasteiger partial charge in [-0.2, -0.15) is 4.39 Å². The molecule has 1 aliphatic heterocycles. The Kier molecular flexibility index (Phi) is 3.22. The summed E-state index contributed by atoms with van der Waals surface area (Å²) < 4.78 is 17.9. The highest BCUT2D eigenvalue weighted by Crippen LogP contribution is 2.32. The standard InChI is InChI=1S/C13H17FN2O3/c1-12(2,3)19-11(17)16-7-13(18,8-16)9-4-5-10(14)15-6-9/h4-6,18H,7-8H2,1-3H3. The Morgan fingerprint density at radius 2 is 2.11 bits per heavy atom. The molecule has 1 aromatic heterocycles. The summed E-state index contributed by atoms with van der Waals surface area (Å²) in [7, 11) is 0. The van der Waals surface area contributed by atoms with Gasteiger partial charge < -0.3 is 14.7 Å². The summed E-state index contributed by atoms with van der Waals surface area (Å²) in [5.74, 6) is -0.601. The van der Waals surface area contributed by atoms with E-state index < -0.39 is 23.2 Å². The summed E-state index contributed by atoms with van der Waals surface area (Å²) in [6.07, 6.45) is 0.814. The SMILES string of the molecule is CC(C)(C)OC(=O)N1CC(O)(c2ccc(F)nc2)C1. The number of ether oxygens (including phenoxy) is 1. The largest absolute Gasteiger partial charge is 0.444 e. The van der Waals surface area contributed by atoms with Gasteiger partial charge in [0, 0.05) is 11.8 Å². The van der Waals surface area contributed by atoms with E-state index in [1.807, 2.05) is 0 Å². The van der Waals surface area contributed by atoms with Gasteiger partial charge in [0.1, 0.15) is 11.2 Å². The maximum absolute atomic E-state index is 12.7. The maximum atomic E-state index is 12.7. The topological polar surface area (TPSA) is 62.7 Å². The third-order valence-corrected chi connectivity index (χ3v) is 2.82.